The summed E-state index contributed by atoms with van der Waals surface area (Å²) in [5.41, 5.74) is 0.775. The predicted octanol–water partition coefficient (Wildman–Crippen LogP) is 6.28. The molecule has 3 rings (SSSR count). The molecule has 1 aliphatic heterocycles. The SMILES string of the molecule is CCOc1ccc(Oc2ccc(C(=O)C([S+]3CCCCC3)C(C)(C)C)cc2)cc1. The van der Waals surface area contributed by atoms with Crippen LogP contribution in [0, 0.1) is 5.41 Å². The van der Waals surface area contributed by atoms with Crippen molar-refractivity contribution in [1.29, 1.82) is 0 Å². The molecule has 0 aliphatic carbocycles. The van der Waals surface area contributed by atoms with E-state index < -0.39 is 0 Å². The van der Waals surface area contributed by atoms with Crippen molar-refractivity contribution < 1.29 is 14.3 Å². The van der Waals surface area contributed by atoms with Gasteiger partial charge in [-0.05, 0) is 85.6 Å². The van der Waals surface area contributed by atoms with Crippen molar-refractivity contribution >= 4 is 16.7 Å². The van der Waals surface area contributed by atoms with E-state index in [1.807, 2.05) is 55.5 Å². The van der Waals surface area contributed by atoms with Crippen LogP contribution in [0.4, 0.5) is 0 Å². The van der Waals surface area contributed by atoms with E-state index in [1.165, 1.54) is 30.8 Å². The summed E-state index contributed by atoms with van der Waals surface area (Å²) in [5, 5.41) is 0.0979. The molecule has 2 aromatic carbocycles. The van der Waals surface area contributed by atoms with Gasteiger partial charge < -0.3 is 9.47 Å². The highest BCUT2D eigenvalue weighted by Gasteiger charge is 2.45. The molecule has 0 saturated carbocycles. The largest absolute Gasteiger partial charge is 0.494 e. The molecule has 0 spiro atoms. The molecule has 1 aliphatic rings. The maximum atomic E-state index is 13.4. The molecular formula is C25H33O3S+. The molecule has 4 heteroatoms. The third kappa shape index (κ3) is 5.79. The summed E-state index contributed by atoms with van der Waals surface area (Å²) >= 11 is 0. The third-order valence-electron chi connectivity index (χ3n) is 5.18. The first-order valence-corrected chi connectivity index (χ1v) is 12.2. The Morgan fingerprint density at radius 3 is 1.93 bits per heavy atom. The first-order valence-electron chi connectivity index (χ1n) is 10.6. The highest BCUT2D eigenvalue weighted by Crippen LogP contribution is 2.34. The molecule has 0 amide bonds. The van der Waals surface area contributed by atoms with E-state index in [9.17, 15) is 4.79 Å². The minimum atomic E-state index is -0.0188. The number of rotatable bonds is 7. The van der Waals surface area contributed by atoms with E-state index in [2.05, 4.69) is 20.8 Å². The Kier molecular flexibility index (Phi) is 7.28. The van der Waals surface area contributed by atoms with Crippen molar-refractivity contribution in [3.05, 3.63) is 54.1 Å². The number of carbonyl (C=O) groups is 1. The Labute approximate surface area is 178 Å². The van der Waals surface area contributed by atoms with Crippen molar-refractivity contribution in [1.82, 2.24) is 0 Å². The van der Waals surface area contributed by atoms with Crippen LogP contribution in [0.5, 0.6) is 17.2 Å². The van der Waals surface area contributed by atoms with Gasteiger partial charge in [-0.25, -0.2) is 0 Å². The first kappa shape index (κ1) is 21.8. The summed E-state index contributed by atoms with van der Waals surface area (Å²) in [4.78, 5) is 13.4. The molecule has 2 aromatic rings. The second kappa shape index (κ2) is 9.71. The summed E-state index contributed by atoms with van der Waals surface area (Å²) in [7, 11) is 0.184. The lowest BCUT2D eigenvalue weighted by molar-refractivity contribution is 0.0948. The van der Waals surface area contributed by atoms with Gasteiger partial charge in [0.25, 0.3) is 0 Å². The molecule has 1 heterocycles. The lowest BCUT2D eigenvalue weighted by Gasteiger charge is -2.31. The molecule has 0 aromatic heterocycles. The minimum Gasteiger partial charge on any atom is -0.494 e. The van der Waals surface area contributed by atoms with Crippen molar-refractivity contribution in [2.45, 2.75) is 52.2 Å². The fourth-order valence-corrected chi connectivity index (χ4v) is 7.14. The van der Waals surface area contributed by atoms with E-state index in [0.717, 1.165) is 22.8 Å². The third-order valence-corrected chi connectivity index (χ3v) is 8.39. The van der Waals surface area contributed by atoms with E-state index in [0.29, 0.717) is 6.61 Å². The number of Topliss-reactive ketones (excluding diaryl/α,β-unsaturated/α-hetero) is 1. The van der Waals surface area contributed by atoms with E-state index in [1.54, 1.807) is 0 Å². The summed E-state index contributed by atoms with van der Waals surface area (Å²) in [6.07, 6.45) is 3.84. The predicted molar refractivity (Wildman–Crippen MR) is 123 cm³/mol. The van der Waals surface area contributed by atoms with Gasteiger partial charge in [-0.3, -0.25) is 4.79 Å². The maximum absolute atomic E-state index is 13.4. The Balaban J connectivity index is 1.71. The lowest BCUT2D eigenvalue weighted by Crippen LogP contribution is -2.45. The van der Waals surface area contributed by atoms with Gasteiger partial charge in [0.15, 0.2) is 5.25 Å². The molecule has 0 N–H and O–H groups in total. The Bertz CT molecular complexity index is 784. The van der Waals surface area contributed by atoms with Gasteiger partial charge >= 0.3 is 0 Å². The molecule has 1 atom stereocenters. The zero-order chi connectivity index (χ0) is 20.9. The summed E-state index contributed by atoms with van der Waals surface area (Å²) in [5.74, 6) is 5.01. The second-order valence-electron chi connectivity index (χ2n) is 8.65. The van der Waals surface area contributed by atoms with Crippen LogP contribution in [0.15, 0.2) is 48.5 Å². The standard InChI is InChI=1S/C25H33O3S/c1-5-27-20-13-15-22(16-14-20)28-21-11-9-19(10-12-21)23(26)24(25(2,3)4)29-17-7-6-8-18-29/h9-16,24H,5-8,17-18H2,1-4H3/q+1. The average Bonchev–Trinajstić information content (AvgIpc) is 2.70. The highest BCUT2D eigenvalue weighted by molar-refractivity contribution is 7.98. The number of ketones is 1. The molecular weight excluding hydrogens is 380 g/mol. The Hall–Kier alpha value is -1.94. The van der Waals surface area contributed by atoms with Gasteiger partial charge in [0.2, 0.25) is 5.78 Å². The van der Waals surface area contributed by atoms with Crippen molar-refractivity contribution in [3.63, 3.8) is 0 Å². The van der Waals surface area contributed by atoms with Gasteiger partial charge in [0.05, 0.1) is 6.61 Å². The average molecular weight is 414 g/mol. The van der Waals surface area contributed by atoms with Crippen LogP contribution < -0.4 is 9.47 Å². The quantitative estimate of drug-likeness (QED) is 0.396. The van der Waals surface area contributed by atoms with Gasteiger partial charge in [-0.15, -0.1) is 0 Å². The van der Waals surface area contributed by atoms with Crippen molar-refractivity contribution in [2.75, 3.05) is 18.1 Å². The van der Waals surface area contributed by atoms with Crippen LogP contribution in [0.3, 0.4) is 0 Å². The molecule has 156 valence electrons. The van der Waals surface area contributed by atoms with Gasteiger partial charge in [-0.1, -0.05) is 20.8 Å². The number of carbonyl (C=O) groups excluding carboxylic acids is 1. The van der Waals surface area contributed by atoms with Gasteiger partial charge in [0.1, 0.15) is 28.8 Å². The number of benzene rings is 2. The fraction of sp³-hybridized carbons (Fsp3) is 0.480. The summed E-state index contributed by atoms with van der Waals surface area (Å²) in [6, 6.07) is 15.2. The first-order chi connectivity index (χ1) is 13.9. The molecule has 0 bridgehead atoms. The molecule has 3 nitrogen and oxygen atoms in total. The summed E-state index contributed by atoms with van der Waals surface area (Å²) in [6.45, 7) is 9.24. The molecule has 0 radical (unpaired) electrons. The van der Waals surface area contributed by atoms with Crippen LogP contribution in [0.2, 0.25) is 0 Å². The molecule has 29 heavy (non-hydrogen) atoms. The molecule has 1 fully saturated rings. The normalized spacial score (nSPS) is 16.3. The molecule has 1 unspecified atom stereocenters. The van der Waals surface area contributed by atoms with Gasteiger partial charge in [-0.2, -0.15) is 0 Å². The fourth-order valence-electron chi connectivity index (χ4n) is 3.88. The Morgan fingerprint density at radius 2 is 1.41 bits per heavy atom. The van der Waals surface area contributed by atoms with Gasteiger partial charge in [0, 0.05) is 11.0 Å². The van der Waals surface area contributed by atoms with E-state index in [4.69, 9.17) is 9.47 Å². The smallest absolute Gasteiger partial charge is 0.215 e. The number of ether oxygens (including phenoxy) is 2. The van der Waals surface area contributed by atoms with Crippen molar-refractivity contribution in [2.24, 2.45) is 5.41 Å². The minimum absolute atomic E-state index is 0.0188. The number of hydrogen-bond donors (Lipinski definition) is 0. The zero-order valence-corrected chi connectivity index (χ0v) is 18.9. The monoisotopic (exact) mass is 413 g/mol. The zero-order valence-electron chi connectivity index (χ0n) is 18.1. The van der Waals surface area contributed by atoms with Crippen LogP contribution in [0.1, 0.15) is 57.3 Å². The maximum Gasteiger partial charge on any atom is 0.215 e. The van der Waals surface area contributed by atoms with E-state index >= 15 is 0 Å². The van der Waals surface area contributed by atoms with Crippen LogP contribution in [-0.2, 0) is 10.9 Å². The highest BCUT2D eigenvalue weighted by atomic mass is 32.2. The van der Waals surface area contributed by atoms with Crippen LogP contribution in [0.25, 0.3) is 0 Å². The van der Waals surface area contributed by atoms with Crippen LogP contribution >= 0.6 is 0 Å². The van der Waals surface area contributed by atoms with Crippen molar-refractivity contribution in [3.8, 4) is 17.2 Å². The van der Waals surface area contributed by atoms with E-state index in [-0.39, 0.29) is 27.3 Å². The number of hydrogen-bond acceptors (Lipinski definition) is 3. The molecule has 1 saturated heterocycles. The lowest BCUT2D eigenvalue weighted by atomic mass is 9.87. The second-order valence-corrected chi connectivity index (χ2v) is 11.0. The Morgan fingerprint density at radius 1 is 0.897 bits per heavy atom. The topological polar surface area (TPSA) is 35.5 Å². The summed E-state index contributed by atoms with van der Waals surface area (Å²) < 4.78 is 11.4. The van der Waals surface area contributed by atoms with Crippen LogP contribution in [-0.4, -0.2) is 29.1 Å².